The molecule has 5 nitrogen and oxygen atoms in total. The number of amides is 2. The number of hydrogen-bond donors (Lipinski definition) is 1. The number of likely N-dealkylation sites (tertiary alicyclic amines) is 1. The lowest BCUT2D eigenvalue weighted by atomic mass is 9.49. The van der Waals surface area contributed by atoms with E-state index in [1.54, 1.807) is 7.11 Å². The van der Waals surface area contributed by atoms with Crippen molar-refractivity contribution in [3.63, 3.8) is 0 Å². The van der Waals surface area contributed by atoms with E-state index in [9.17, 15) is 9.59 Å². The van der Waals surface area contributed by atoms with Crippen molar-refractivity contribution in [1.29, 1.82) is 0 Å². The van der Waals surface area contributed by atoms with Gasteiger partial charge in [0.1, 0.15) is 6.04 Å². The third-order valence-electron chi connectivity index (χ3n) is 7.11. The Morgan fingerprint density at radius 3 is 2.32 bits per heavy atom. The Morgan fingerprint density at radius 1 is 1.16 bits per heavy atom. The third kappa shape index (κ3) is 3.09. The molecule has 5 aliphatic rings. The first-order chi connectivity index (χ1) is 12.0. The molecule has 0 radical (unpaired) electrons. The fraction of sp³-hybridized carbons (Fsp3) is 0.900. The first-order valence-electron chi connectivity index (χ1n) is 10.1. The van der Waals surface area contributed by atoms with Gasteiger partial charge in [-0.25, -0.2) is 0 Å². The highest BCUT2D eigenvalue weighted by Crippen LogP contribution is 2.60. The van der Waals surface area contributed by atoms with E-state index >= 15 is 0 Å². The summed E-state index contributed by atoms with van der Waals surface area (Å²) in [4.78, 5) is 28.2. The van der Waals surface area contributed by atoms with Crippen molar-refractivity contribution in [2.45, 2.75) is 70.4 Å². The highest BCUT2D eigenvalue weighted by Gasteiger charge is 2.56. The van der Waals surface area contributed by atoms with E-state index in [2.05, 4.69) is 5.32 Å². The Kier molecular flexibility index (Phi) is 4.55. The molecule has 4 saturated carbocycles. The second-order valence-corrected chi connectivity index (χ2v) is 9.22. The maximum absolute atomic E-state index is 13.5. The van der Waals surface area contributed by atoms with Crippen LogP contribution in [0.2, 0.25) is 0 Å². The minimum Gasteiger partial charge on any atom is -0.383 e. The Bertz CT molecular complexity index is 512. The predicted molar refractivity (Wildman–Crippen MR) is 94.8 cm³/mol. The van der Waals surface area contributed by atoms with Gasteiger partial charge < -0.3 is 15.0 Å². The van der Waals surface area contributed by atoms with Crippen LogP contribution in [-0.2, 0) is 14.3 Å². The van der Waals surface area contributed by atoms with Crippen LogP contribution in [0.15, 0.2) is 0 Å². The quantitative estimate of drug-likeness (QED) is 0.830. The van der Waals surface area contributed by atoms with Gasteiger partial charge in [-0.2, -0.15) is 0 Å². The van der Waals surface area contributed by atoms with Crippen molar-refractivity contribution in [2.24, 2.45) is 23.2 Å². The van der Waals surface area contributed by atoms with Gasteiger partial charge in [-0.3, -0.25) is 9.59 Å². The molecule has 5 heteroatoms. The summed E-state index contributed by atoms with van der Waals surface area (Å²) in [5.41, 5.74) is -0.143. The molecule has 1 saturated heterocycles. The minimum absolute atomic E-state index is 0.000119. The Balaban J connectivity index is 1.47. The molecule has 140 valence electrons. The zero-order valence-corrected chi connectivity index (χ0v) is 15.6. The van der Waals surface area contributed by atoms with Gasteiger partial charge in [0.15, 0.2) is 0 Å². The molecule has 2 amide bonds. The molecule has 4 bridgehead atoms. The summed E-state index contributed by atoms with van der Waals surface area (Å²) in [6, 6.07) is -0.297. The summed E-state index contributed by atoms with van der Waals surface area (Å²) in [6.07, 6.45) is 8.97. The van der Waals surface area contributed by atoms with Crippen molar-refractivity contribution in [2.75, 3.05) is 20.3 Å². The van der Waals surface area contributed by atoms with Crippen LogP contribution in [0.3, 0.4) is 0 Å². The van der Waals surface area contributed by atoms with Gasteiger partial charge in [0.25, 0.3) is 0 Å². The van der Waals surface area contributed by atoms with Crippen molar-refractivity contribution >= 4 is 11.8 Å². The van der Waals surface area contributed by atoms with E-state index in [1.807, 2.05) is 11.8 Å². The molecular formula is C20H32N2O3. The largest absolute Gasteiger partial charge is 0.383 e. The molecule has 2 atom stereocenters. The van der Waals surface area contributed by atoms with Gasteiger partial charge in [0.05, 0.1) is 12.0 Å². The molecule has 5 fully saturated rings. The number of rotatable bonds is 5. The summed E-state index contributed by atoms with van der Waals surface area (Å²) in [5.74, 6) is 2.56. The number of methoxy groups -OCH3 is 1. The first kappa shape index (κ1) is 17.3. The fourth-order valence-electron chi connectivity index (χ4n) is 6.59. The summed E-state index contributed by atoms with van der Waals surface area (Å²) in [7, 11) is 1.64. The predicted octanol–water partition coefficient (Wildman–Crippen LogP) is 2.34. The maximum atomic E-state index is 13.5. The van der Waals surface area contributed by atoms with Crippen molar-refractivity contribution in [3.8, 4) is 0 Å². The highest BCUT2D eigenvalue weighted by molar-refractivity contribution is 5.91. The van der Waals surface area contributed by atoms with E-state index < -0.39 is 0 Å². The molecule has 4 aliphatic carbocycles. The first-order valence-corrected chi connectivity index (χ1v) is 10.1. The zero-order valence-electron chi connectivity index (χ0n) is 15.6. The van der Waals surface area contributed by atoms with Crippen LogP contribution in [0.1, 0.15) is 58.3 Å². The van der Waals surface area contributed by atoms with Gasteiger partial charge in [-0.05, 0) is 76.0 Å². The minimum atomic E-state index is -0.278. The van der Waals surface area contributed by atoms with Crippen LogP contribution in [0.5, 0.6) is 0 Å². The SMILES string of the molecule is COCC(C)NC(=O)C1CCCN1C(=O)C12CC3CC(CC(C3)C1)C2. The van der Waals surface area contributed by atoms with E-state index in [0.29, 0.717) is 12.5 Å². The number of nitrogens with one attached hydrogen (secondary N) is 1. The molecule has 0 aromatic carbocycles. The number of nitrogens with zero attached hydrogens (tertiary/aromatic N) is 1. The number of hydrogen-bond acceptors (Lipinski definition) is 3. The fourth-order valence-corrected chi connectivity index (χ4v) is 6.59. The topological polar surface area (TPSA) is 58.6 Å². The van der Waals surface area contributed by atoms with E-state index in [1.165, 1.54) is 19.3 Å². The molecule has 5 rings (SSSR count). The van der Waals surface area contributed by atoms with Crippen molar-refractivity contribution in [3.05, 3.63) is 0 Å². The summed E-state index contributed by atoms with van der Waals surface area (Å²) >= 11 is 0. The van der Waals surface area contributed by atoms with Crippen LogP contribution in [0.4, 0.5) is 0 Å². The van der Waals surface area contributed by atoms with E-state index in [4.69, 9.17) is 4.74 Å². The van der Waals surface area contributed by atoms with Gasteiger partial charge >= 0.3 is 0 Å². The summed E-state index contributed by atoms with van der Waals surface area (Å²) in [6.45, 7) is 3.19. The lowest BCUT2D eigenvalue weighted by Gasteiger charge is -2.56. The molecular weight excluding hydrogens is 316 g/mol. The number of ether oxygens (including phenoxy) is 1. The lowest BCUT2D eigenvalue weighted by molar-refractivity contribution is -0.160. The zero-order chi connectivity index (χ0) is 17.6. The van der Waals surface area contributed by atoms with Crippen molar-refractivity contribution < 1.29 is 14.3 Å². The molecule has 1 aliphatic heterocycles. The van der Waals surface area contributed by atoms with Crippen molar-refractivity contribution in [1.82, 2.24) is 10.2 Å². The average molecular weight is 348 g/mol. The van der Waals surface area contributed by atoms with E-state index in [0.717, 1.165) is 56.4 Å². The monoisotopic (exact) mass is 348 g/mol. The standard InChI is InChI=1S/C20H32N2O3/c1-13(12-25-2)21-18(23)17-4-3-5-22(17)19(24)20-9-14-6-15(10-20)8-16(7-14)11-20/h13-17H,3-12H2,1-2H3,(H,21,23). The number of carbonyl (C=O) groups is 2. The molecule has 1 N–H and O–H groups in total. The Morgan fingerprint density at radius 2 is 1.76 bits per heavy atom. The second kappa shape index (κ2) is 6.57. The lowest BCUT2D eigenvalue weighted by Crippen LogP contribution is -2.57. The Hall–Kier alpha value is -1.10. The normalized spacial score (nSPS) is 40.3. The average Bonchev–Trinajstić information content (AvgIpc) is 3.02. The van der Waals surface area contributed by atoms with Crippen LogP contribution in [0, 0.1) is 23.2 Å². The summed E-state index contributed by atoms with van der Waals surface area (Å²) < 4.78 is 5.11. The Labute approximate surface area is 150 Å². The molecule has 0 aromatic rings. The van der Waals surface area contributed by atoms with Crippen LogP contribution >= 0.6 is 0 Å². The highest BCUT2D eigenvalue weighted by atomic mass is 16.5. The van der Waals surface area contributed by atoms with Crippen LogP contribution < -0.4 is 5.32 Å². The van der Waals surface area contributed by atoms with E-state index in [-0.39, 0.29) is 23.4 Å². The van der Waals surface area contributed by atoms with Gasteiger partial charge in [-0.1, -0.05) is 0 Å². The van der Waals surface area contributed by atoms with Crippen LogP contribution in [0.25, 0.3) is 0 Å². The smallest absolute Gasteiger partial charge is 0.243 e. The molecule has 25 heavy (non-hydrogen) atoms. The van der Waals surface area contributed by atoms with Gasteiger partial charge in [-0.15, -0.1) is 0 Å². The van der Waals surface area contributed by atoms with Crippen LogP contribution in [-0.4, -0.2) is 49.1 Å². The third-order valence-corrected chi connectivity index (χ3v) is 7.11. The second-order valence-electron chi connectivity index (χ2n) is 9.22. The maximum Gasteiger partial charge on any atom is 0.243 e. The molecule has 0 aromatic heterocycles. The number of carbonyl (C=O) groups excluding carboxylic acids is 2. The summed E-state index contributed by atoms with van der Waals surface area (Å²) in [5, 5.41) is 3.02. The van der Waals surface area contributed by atoms with Gasteiger partial charge in [0.2, 0.25) is 11.8 Å². The van der Waals surface area contributed by atoms with Gasteiger partial charge in [0, 0.05) is 19.7 Å². The molecule has 2 unspecified atom stereocenters. The molecule has 1 heterocycles. The molecule has 0 spiro atoms.